The molecule has 0 bridgehead atoms. The van der Waals surface area contributed by atoms with Crippen LogP contribution in [-0.2, 0) is 4.79 Å². The van der Waals surface area contributed by atoms with Gasteiger partial charge in [0, 0.05) is 37.6 Å². The molecule has 2 saturated heterocycles. The molecule has 0 aromatic rings. The van der Waals surface area contributed by atoms with Gasteiger partial charge in [0.25, 0.3) is 0 Å². The smallest absolute Gasteiger partial charge is 0.223 e. The van der Waals surface area contributed by atoms with Crippen LogP contribution in [0, 0.1) is 5.92 Å². The van der Waals surface area contributed by atoms with Gasteiger partial charge in [-0.3, -0.25) is 9.69 Å². The lowest BCUT2D eigenvalue weighted by molar-refractivity contribution is -0.127. The first-order valence-electron chi connectivity index (χ1n) is 7.56. The van der Waals surface area contributed by atoms with Crippen LogP contribution < -0.4 is 10.6 Å². The minimum absolute atomic E-state index is 0. The number of amides is 1. The maximum absolute atomic E-state index is 12.3. The van der Waals surface area contributed by atoms with Crippen molar-refractivity contribution in [1.29, 1.82) is 0 Å². The van der Waals surface area contributed by atoms with Crippen molar-refractivity contribution in [2.75, 3.05) is 26.2 Å². The lowest BCUT2D eigenvalue weighted by atomic mass is 9.92. The van der Waals surface area contributed by atoms with Gasteiger partial charge in [0.1, 0.15) is 0 Å². The Bertz CT molecular complexity index is 316. The quantitative estimate of drug-likeness (QED) is 0.775. The molecule has 0 unspecified atom stereocenters. The molecule has 5 heteroatoms. The Balaban J connectivity index is 0.00000200. The molecule has 0 radical (unpaired) electrons. The highest BCUT2D eigenvalue weighted by Crippen LogP contribution is 2.17. The van der Waals surface area contributed by atoms with Gasteiger partial charge in [0.15, 0.2) is 0 Å². The second kappa shape index (κ2) is 8.65. The first kappa shape index (κ1) is 17.5. The summed E-state index contributed by atoms with van der Waals surface area (Å²) in [6.07, 6.45) is 6.04. The zero-order chi connectivity index (χ0) is 13.7. The molecule has 2 atom stereocenters. The Morgan fingerprint density at radius 3 is 2.70 bits per heavy atom. The van der Waals surface area contributed by atoms with Crippen molar-refractivity contribution in [2.45, 2.75) is 44.7 Å². The van der Waals surface area contributed by atoms with Gasteiger partial charge >= 0.3 is 0 Å². The van der Waals surface area contributed by atoms with Gasteiger partial charge < -0.3 is 10.6 Å². The molecule has 1 amide bonds. The average molecular weight is 302 g/mol. The van der Waals surface area contributed by atoms with Gasteiger partial charge in [-0.15, -0.1) is 19.0 Å². The maximum Gasteiger partial charge on any atom is 0.223 e. The number of rotatable bonds is 4. The average Bonchev–Trinajstić information content (AvgIpc) is 2.41. The Labute approximate surface area is 128 Å². The fraction of sp³-hybridized carbons (Fsp3) is 0.800. The third-order valence-corrected chi connectivity index (χ3v) is 4.32. The van der Waals surface area contributed by atoms with Crippen LogP contribution in [0.15, 0.2) is 12.7 Å². The molecule has 2 aliphatic heterocycles. The molecule has 2 N–H and O–H groups in total. The van der Waals surface area contributed by atoms with Gasteiger partial charge in [-0.25, -0.2) is 0 Å². The van der Waals surface area contributed by atoms with E-state index in [9.17, 15) is 4.79 Å². The van der Waals surface area contributed by atoms with Crippen molar-refractivity contribution in [3.63, 3.8) is 0 Å². The zero-order valence-electron chi connectivity index (χ0n) is 12.4. The minimum atomic E-state index is 0. The van der Waals surface area contributed by atoms with Crippen LogP contribution in [0.25, 0.3) is 0 Å². The molecule has 0 aliphatic carbocycles. The molecule has 2 rings (SSSR count). The highest BCUT2D eigenvalue weighted by molar-refractivity contribution is 5.85. The second-order valence-electron chi connectivity index (χ2n) is 5.95. The molecule has 2 fully saturated rings. The summed E-state index contributed by atoms with van der Waals surface area (Å²) in [5.41, 5.74) is 0. The summed E-state index contributed by atoms with van der Waals surface area (Å²) >= 11 is 0. The Hall–Kier alpha value is -0.580. The third-order valence-electron chi connectivity index (χ3n) is 4.32. The highest BCUT2D eigenvalue weighted by atomic mass is 35.5. The number of carbonyl (C=O) groups excluding carboxylic acids is 1. The van der Waals surface area contributed by atoms with Crippen LogP contribution in [0.4, 0.5) is 0 Å². The summed E-state index contributed by atoms with van der Waals surface area (Å²) in [5.74, 6) is 0.484. The summed E-state index contributed by atoms with van der Waals surface area (Å²) in [6, 6.07) is 0.845. The molecule has 0 saturated carbocycles. The van der Waals surface area contributed by atoms with Gasteiger partial charge in [-0.2, -0.15) is 0 Å². The van der Waals surface area contributed by atoms with Gasteiger partial charge in [-0.1, -0.05) is 6.08 Å². The van der Waals surface area contributed by atoms with E-state index in [-0.39, 0.29) is 24.2 Å². The maximum atomic E-state index is 12.3. The first-order chi connectivity index (χ1) is 9.19. The van der Waals surface area contributed by atoms with Crippen LogP contribution in [0.5, 0.6) is 0 Å². The first-order valence-corrected chi connectivity index (χ1v) is 7.56. The molecular weight excluding hydrogens is 274 g/mol. The van der Waals surface area contributed by atoms with Crippen molar-refractivity contribution in [1.82, 2.24) is 15.5 Å². The van der Waals surface area contributed by atoms with E-state index in [0.717, 1.165) is 51.9 Å². The number of nitrogens with zero attached hydrogens (tertiary/aromatic N) is 1. The van der Waals surface area contributed by atoms with E-state index in [4.69, 9.17) is 0 Å². The minimum Gasteiger partial charge on any atom is -0.353 e. The SMILES string of the molecule is C=CCN1CCC(NC(=O)[C@H]2CCN[C@@H](C)C2)CC1.Cl. The second-order valence-corrected chi connectivity index (χ2v) is 5.95. The van der Waals surface area contributed by atoms with Gasteiger partial charge in [0.05, 0.1) is 0 Å². The largest absolute Gasteiger partial charge is 0.353 e. The zero-order valence-corrected chi connectivity index (χ0v) is 13.3. The van der Waals surface area contributed by atoms with E-state index in [1.807, 2.05) is 6.08 Å². The van der Waals surface area contributed by atoms with E-state index in [1.165, 1.54) is 0 Å². The van der Waals surface area contributed by atoms with Crippen molar-refractivity contribution in [2.24, 2.45) is 5.92 Å². The molecule has 0 spiro atoms. The van der Waals surface area contributed by atoms with Crippen LogP contribution in [0.1, 0.15) is 32.6 Å². The van der Waals surface area contributed by atoms with Crippen molar-refractivity contribution in [3.8, 4) is 0 Å². The molecule has 2 aliphatic rings. The summed E-state index contributed by atoms with van der Waals surface area (Å²) in [5, 5.41) is 6.65. The number of piperidine rings is 2. The number of halogens is 1. The summed E-state index contributed by atoms with van der Waals surface area (Å²) in [7, 11) is 0. The van der Waals surface area contributed by atoms with Crippen molar-refractivity contribution in [3.05, 3.63) is 12.7 Å². The summed E-state index contributed by atoms with van der Waals surface area (Å²) in [4.78, 5) is 14.6. The highest BCUT2D eigenvalue weighted by Gasteiger charge is 2.27. The Kier molecular flexibility index (Phi) is 7.56. The van der Waals surface area contributed by atoms with Crippen LogP contribution >= 0.6 is 12.4 Å². The van der Waals surface area contributed by atoms with E-state index in [0.29, 0.717) is 12.1 Å². The number of hydrogen-bond acceptors (Lipinski definition) is 3. The molecule has 4 nitrogen and oxygen atoms in total. The number of hydrogen-bond donors (Lipinski definition) is 2. The van der Waals surface area contributed by atoms with E-state index in [2.05, 4.69) is 29.0 Å². The number of nitrogens with one attached hydrogen (secondary N) is 2. The number of carbonyl (C=O) groups is 1. The molecule has 20 heavy (non-hydrogen) atoms. The van der Waals surface area contributed by atoms with Crippen LogP contribution in [0.2, 0.25) is 0 Å². The predicted octanol–water partition coefficient (Wildman–Crippen LogP) is 1.56. The molecule has 2 heterocycles. The van der Waals surface area contributed by atoms with Crippen LogP contribution in [0.3, 0.4) is 0 Å². The fourth-order valence-corrected chi connectivity index (χ4v) is 3.13. The predicted molar refractivity (Wildman–Crippen MR) is 85.2 cm³/mol. The van der Waals surface area contributed by atoms with E-state index in [1.54, 1.807) is 0 Å². The number of likely N-dealkylation sites (tertiary alicyclic amines) is 1. The Morgan fingerprint density at radius 1 is 1.40 bits per heavy atom. The lowest BCUT2D eigenvalue weighted by Crippen LogP contribution is -2.48. The van der Waals surface area contributed by atoms with E-state index < -0.39 is 0 Å². The Morgan fingerprint density at radius 2 is 2.10 bits per heavy atom. The van der Waals surface area contributed by atoms with Crippen LogP contribution in [-0.4, -0.2) is 49.1 Å². The van der Waals surface area contributed by atoms with Crippen molar-refractivity contribution < 1.29 is 4.79 Å². The fourth-order valence-electron chi connectivity index (χ4n) is 3.13. The topological polar surface area (TPSA) is 44.4 Å². The summed E-state index contributed by atoms with van der Waals surface area (Å²) < 4.78 is 0. The molecule has 116 valence electrons. The molecule has 0 aromatic heterocycles. The normalized spacial score (nSPS) is 28.4. The third kappa shape index (κ3) is 5.08. The molecular formula is C15H28ClN3O. The van der Waals surface area contributed by atoms with Gasteiger partial charge in [-0.05, 0) is 39.2 Å². The molecule has 0 aromatic carbocycles. The van der Waals surface area contributed by atoms with Gasteiger partial charge in [0.2, 0.25) is 5.91 Å². The standard InChI is InChI=1S/C15H27N3O.ClH/c1-3-8-18-9-5-14(6-10-18)17-15(19)13-4-7-16-12(2)11-13;/h3,12-14,16H,1,4-11H2,2H3,(H,17,19);1H/t12-,13-;/m0./s1. The van der Waals surface area contributed by atoms with Crippen molar-refractivity contribution >= 4 is 18.3 Å². The lowest BCUT2D eigenvalue weighted by Gasteiger charge is -2.33. The van der Waals surface area contributed by atoms with E-state index >= 15 is 0 Å². The monoisotopic (exact) mass is 301 g/mol. The summed E-state index contributed by atoms with van der Waals surface area (Å²) in [6.45, 7) is 10.0.